The normalized spacial score (nSPS) is 22.6. The first kappa shape index (κ1) is 18.7. The van der Waals surface area contributed by atoms with Crippen LogP contribution in [0.5, 0.6) is 11.5 Å². The molecule has 3 rings (SSSR count). The Balaban J connectivity index is 1.78. The summed E-state index contributed by atoms with van der Waals surface area (Å²) in [4.78, 5) is 13.3. The zero-order valence-corrected chi connectivity index (χ0v) is 14.6. The highest BCUT2D eigenvalue weighted by Crippen LogP contribution is 2.38. The molecule has 0 aromatic heterocycles. The number of alkyl halides is 2. The van der Waals surface area contributed by atoms with Crippen LogP contribution in [-0.2, 0) is 4.74 Å². The number of likely N-dealkylation sites (tertiary alicyclic amines) is 1. The van der Waals surface area contributed by atoms with Gasteiger partial charge in [-0.1, -0.05) is 6.07 Å². The first-order valence-electron chi connectivity index (χ1n) is 8.68. The second kappa shape index (κ2) is 8.07. The van der Waals surface area contributed by atoms with Crippen LogP contribution in [0.1, 0.15) is 30.7 Å². The highest BCUT2D eigenvalue weighted by atomic mass is 19.3. The summed E-state index contributed by atoms with van der Waals surface area (Å²) in [6, 6.07) is 4.53. The van der Waals surface area contributed by atoms with Gasteiger partial charge in [-0.2, -0.15) is 8.78 Å². The summed E-state index contributed by atoms with van der Waals surface area (Å²) in [7, 11) is 1.30. The third-order valence-corrected chi connectivity index (χ3v) is 4.86. The van der Waals surface area contributed by atoms with Crippen molar-refractivity contribution in [1.29, 1.82) is 0 Å². The molecule has 2 atom stereocenters. The summed E-state index contributed by atoms with van der Waals surface area (Å²) >= 11 is 0. The second-order valence-electron chi connectivity index (χ2n) is 6.73. The van der Waals surface area contributed by atoms with Gasteiger partial charge >= 0.3 is 12.7 Å². The first-order valence-corrected chi connectivity index (χ1v) is 8.68. The van der Waals surface area contributed by atoms with E-state index in [0.717, 1.165) is 18.4 Å². The molecule has 144 valence electrons. The van der Waals surface area contributed by atoms with Crippen molar-refractivity contribution >= 4 is 6.09 Å². The minimum Gasteiger partial charge on any atom is -0.489 e. The Hall–Kier alpha value is -2.09. The lowest BCUT2D eigenvalue weighted by molar-refractivity contribution is -0.0515. The molecule has 2 fully saturated rings. The van der Waals surface area contributed by atoms with Gasteiger partial charge in [0.05, 0.1) is 26.4 Å². The number of halogens is 2. The number of methoxy groups -OCH3 is 1. The number of carbonyl (C=O) groups is 1. The summed E-state index contributed by atoms with van der Waals surface area (Å²) in [5, 5.41) is 9.52. The Morgan fingerprint density at radius 2 is 2.12 bits per heavy atom. The van der Waals surface area contributed by atoms with Crippen LogP contribution in [0.3, 0.4) is 0 Å². The quantitative estimate of drug-likeness (QED) is 0.798. The lowest BCUT2D eigenvalue weighted by atomic mass is 9.96. The fourth-order valence-electron chi connectivity index (χ4n) is 3.25. The molecule has 2 aliphatic rings. The van der Waals surface area contributed by atoms with Gasteiger partial charge in [0, 0.05) is 12.5 Å². The Morgan fingerprint density at radius 3 is 2.73 bits per heavy atom. The second-order valence-corrected chi connectivity index (χ2v) is 6.73. The number of nitrogens with zero attached hydrogens (tertiary/aromatic N) is 1. The van der Waals surface area contributed by atoms with Crippen LogP contribution in [0.2, 0.25) is 0 Å². The number of amides is 1. The molecule has 1 amide bonds. The topological polar surface area (TPSA) is 68.2 Å². The van der Waals surface area contributed by atoms with Crippen LogP contribution >= 0.6 is 0 Å². The molecule has 8 heteroatoms. The smallest absolute Gasteiger partial charge is 0.409 e. The molecule has 2 unspecified atom stereocenters. The van der Waals surface area contributed by atoms with Crippen LogP contribution in [0, 0.1) is 5.92 Å². The molecule has 1 aromatic carbocycles. The van der Waals surface area contributed by atoms with Gasteiger partial charge in [-0.3, -0.25) is 0 Å². The number of benzene rings is 1. The molecule has 6 nitrogen and oxygen atoms in total. The van der Waals surface area contributed by atoms with Crippen LogP contribution in [0.15, 0.2) is 18.2 Å². The average molecular weight is 371 g/mol. The fourth-order valence-corrected chi connectivity index (χ4v) is 3.25. The lowest BCUT2D eigenvalue weighted by Gasteiger charge is -2.21. The third-order valence-electron chi connectivity index (χ3n) is 4.86. The van der Waals surface area contributed by atoms with Crippen molar-refractivity contribution in [2.24, 2.45) is 5.92 Å². The highest BCUT2D eigenvalue weighted by Gasteiger charge is 2.36. The van der Waals surface area contributed by atoms with Crippen molar-refractivity contribution in [2.75, 3.05) is 26.9 Å². The fraction of sp³-hybridized carbons (Fsp3) is 0.611. The predicted molar refractivity (Wildman–Crippen MR) is 88.6 cm³/mol. The summed E-state index contributed by atoms with van der Waals surface area (Å²) < 4.78 is 40.3. The molecule has 1 saturated carbocycles. The summed E-state index contributed by atoms with van der Waals surface area (Å²) in [6.07, 6.45) is 2.23. The van der Waals surface area contributed by atoms with Crippen molar-refractivity contribution in [2.45, 2.75) is 37.8 Å². The maximum Gasteiger partial charge on any atom is 0.409 e. The standard InChI is InChI=1S/C18H23F2NO5/c1-24-18(23)21-8-13(6-14(21)9-22)12-4-5-15(26-17(19)20)16(7-12)25-10-11-2-3-11/h4-5,7,11,13-14,17,22H,2-3,6,8-10H2,1H3. The largest absolute Gasteiger partial charge is 0.489 e. The zero-order valence-electron chi connectivity index (χ0n) is 14.6. The molecule has 1 heterocycles. The monoisotopic (exact) mass is 371 g/mol. The van der Waals surface area contributed by atoms with E-state index in [1.54, 1.807) is 12.1 Å². The number of carbonyl (C=O) groups excluding carboxylic acids is 1. The summed E-state index contributed by atoms with van der Waals surface area (Å²) in [5.41, 5.74) is 0.849. The van der Waals surface area contributed by atoms with Crippen molar-refractivity contribution in [3.05, 3.63) is 23.8 Å². The minimum atomic E-state index is -2.93. The lowest BCUT2D eigenvalue weighted by Crippen LogP contribution is -2.37. The maximum absolute atomic E-state index is 12.6. The van der Waals surface area contributed by atoms with E-state index >= 15 is 0 Å². The predicted octanol–water partition coefficient (Wildman–Crippen LogP) is 2.99. The van der Waals surface area contributed by atoms with Gasteiger partial charge in [0.2, 0.25) is 0 Å². The van der Waals surface area contributed by atoms with Crippen molar-refractivity contribution in [3.63, 3.8) is 0 Å². The molecule has 0 spiro atoms. The van der Waals surface area contributed by atoms with Gasteiger partial charge in [0.1, 0.15) is 0 Å². The van der Waals surface area contributed by atoms with Gasteiger partial charge in [-0.05, 0) is 42.9 Å². The zero-order chi connectivity index (χ0) is 18.7. The molecule has 1 aromatic rings. The maximum atomic E-state index is 12.6. The molecule has 1 N–H and O–H groups in total. The van der Waals surface area contributed by atoms with Crippen molar-refractivity contribution < 1.29 is 32.9 Å². The average Bonchev–Trinajstić information content (AvgIpc) is 3.36. The Bertz CT molecular complexity index is 638. The van der Waals surface area contributed by atoms with E-state index in [1.807, 2.05) is 0 Å². The van der Waals surface area contributed by atoms with Gasteiger partial charge < -0.3 is 24.2 Å². The van der Waals surface area contributed by atoms with E-state index in [1.165, 1.54) is 18.1 Å². The van der Waals surface area contributed by atoms with Gasteiger partial charge in [-0.25, -0.2) is 4.79 Å². The molecule has 26 heavy (non-hydrogen) atoms. The van der Waals surface area contributed by atoms with Crippen LogP contribution < -0.4 is 9.47 Å². The van der Waals surface area contributed by atoms with E-state index in [9.17, 15) is 18.7 Å². The first-order chi connectivity index (χ1) is 12.5. The van der Waals surface area contributed by atoms with Gasteiger partial charge in [-0.15, -0.1) is 0 Å². The summed E-state index contributed by atoms with van der Waals surface area (Å²) in [6.45, 7) is -2.23. The van der Waals surface area contributed by atoms with Crippen molar-refractivity contribution in [1.82, 2.24) is 4.90 Å². The van der Waals surface area contributed by atoms with E-state index < -0.39 is 12.7 Å². The highest BCUT2D eigenvalue weighted by molar-refractivity contribution is 5.68. The number of hydrogen-bond donors (Lipinski definition) is 1. The molecule has 0 radical (unpaired) electrons. The SMILES string of the molecule is COC(=O)N1CC(c2ccc(OC(F)F)c(OCC3CC3)c2)CC1CO. The third kappa shape index (κ3) is 4.35. The van der Waals surface area contributed by atoms with Crippen molar-refractivity contribution in [3.8, 4) is 11.5 Å². The van der Waals surface area contributed by atoms with Gasteiger partial charge in [0.15, 0.2) is 11.5 Å². The van der Waals surface area contributed by atoms with Crippen LogP contribution in [0.25, 0.3) is 0 Å². The van der Waals surface area contributed by atoms with E-state index in [4.69, 9.17) is 9.47 Å². The van der Waals surface area contributed by atoms with Gasteiger partial charge in [0.25, 0.3) is 0 Å². The number of aliphatic hydroxyl groups excluding tert-OH is 1. The van der Waals surface area contributed by atoms with Crippen LogP contribution in [-0.4, -0.2) is 55.6 Å². The molecule has 1 saturated heterocycles. The molecular formula is C18H23F2NO5. The Kier molecular flexibility index (Phi) is 5.80. The van der Waals surface area contributed by atoms with Crippen LogP contribution in [0.4, 0.5) is 13.6 Å². The molecule has 0 bridgehead atoms. The number of rotatable bonds is 7. The number of hydrogen-bond acceptors (Lipinski definition) is 5. The number of aliphatic hydroxyl groups is 1. The minimum absolute atomic E-state index is 0.00549. The number of ether oxygens (including phenoxy) is 3. The molecule has 1 aliphatic heterocycles. The van der Waals surface area contributed by atoms with E-state index in [-0.39, 0.29) is 30.1 Å². The Labute approximate surface area is 150 Å². The Morgan fingerprint density at radius 1 is 1.35 bits per heavy atom. The van der Waals surface area contributed by atoms with E-state index in [0.29, 0.717) is 25.5 Å². The summed E-state index contributed by atoms with van der Waals surface area (Å²) in [5.74, 6) is 0.714. The van der Waals surface area contributed by atoms with E-state index in [2.05, 4.69) is 4.74 Å². The molecular weight excluding hydrogens is 348 g/mol. The molecule has 1 aliphatic carbocycles.